The van der Waals surface area contributed by atoms with Crippen LogP contribution < -0.4 is 0 Å². The average molecular weight is 400 g/mol. The van der Waals surface area contributed by atoms with Gasteiger partial charge in [-0.25, -0.2) is 6.42 Å². The molecule has 3 fully saturated rings. The second-order valence-electron chi connectivity index (χ2n) is 8.50. The third-order valence-corrected chi connectivity index (χ3v) is 7.11. The molecule has 27 heavy (non-hydrogen) atoms. The van der Waals surface area contributed by atoms with Gasteiger partial charge < -0.3 is 13.8 Å². The molecule has 0 N–H and O–H groups in total. The fraction of sp³-hybridized carbons (Fsp3) is 0.538. The quantitative estimate of drug-likeness (QED) is 0.312. The molecule has 0 heterocycles. The Balaban J connectivity index is 0.000000380. The van der Waals surface area contributed by atoms with Crippen LogP contribution in [0.15, 0.2) is 0 Å². The van der Waals surface area contributed by atoms with Crippen molar-refractivity contribution >= 4 is 0 Å². The van der Waals surface area contributed by atoms with Crippen LogP contribution >= 0.6 is 0 Å². The monoisotopic (exact) mass is 400 g/mol. The molecule has 0 spiro atoms. The predicted octanol–water partition coefficient (Wildman–Crippen LogP) is 7.77. The van der Waals surface area contributed by atoms with Crippen molar-refractivity contribution in [1.29, 1.82) is 0 Å². The van der Waals surface area contributed by atoms with E-state index in [1.54, 1.807) is 0 Å². The van der Waals surface area contributed by atoms with E-state index in [4.69, 9.17) is 0 Å². The van der Waals surface area contributed by atoms with Crippen LogP contribution in [0.1, 0.15) is 88.5 Å². The van der Waals surface area contributed by atoms with Gasteiger partial charge in [0.05, 0.1) is 0 Å². The Bertz CT molecular complexity index is 293. The fourth-order valence-electron chi connectivity index (χ4n) is 3.24. The number of hydrogen-bond acceptors (Lipinski definition) is 0. The van der Waals surface area contributed by atoms with Gasteiger partial charge in [-0.3, -0.25) is 0 Å². The van der Waals surface area contributed by atoms with Crippen molar-refractivity contribution in [3.63, 3.8) is 0 Å². The van der Waals surface area contributed by atoms with Gasteiger partial charge in [0.1, 0.15) is 0 Å². The summed E-state index contributed by atoms with van der Waals surface area (Å²) in [6.45, 7) is 29.7. The van der Waals surface area contributed by atoms with E-state index in [-0.39, 0.29) is 21.7 Å². The van der Waals surface area contributed by atoms with Crippen LogP contribution in [0.4, 0.5) is 0 Å². The Morgan fingerprint density at radius 2 is 0.667 bits per heavy atom. The molecule has 0 bridgehead atoms. The third kappa shape index (κ3) is 6.88. The zero-order valence-corrected chi connectivity index (χ0v) is 21.1. The second-order valence-corrected chi connectivity index (χ2v) is 8.50. The molecule has 3 saturated carbocycles. The molecular formula is C26H40Ti. The zero-order chi connectivity index (χ0) is 20.4. The molecule has 10 radical (unpaired) electrons. The predicted molar refractivity (Wildman–Crippen MR) is 116 cm³/mol. The van der Waals surface area contributed by atoms with Crippen LogP contribution in [0.2, 0.25) is 0 Å². The SMILES string of the molecule is C[C]1[C](C)[C](C)[C](C)[C]1C.C[C]1[C](C)[C](C)[C](C)[C]1C.[CH2-]CC1([CH2-])CC1.[Ti+2]. The van der Waals surface area contributed by atoms with Gasteiger partial charge in [0, 0.05) is 0 Å². The third-order valence-electron chi connectivity index (χ3n) is 7.11. The molecule has 0 aromatic heterocycles. The van der Waals surface area contributed by atoms with Crippen molar-refractivity contribution < 1.29 is 21.7 Å². The molecule has 0 saturated heterocycles. The van der Waals surface area contributed by atoms with Gasteiger partial charge in [-0.1, -0.05) is 82.1 Å². The molecule has 1 heteroatoms. The van der Waals surface area contributed by atoms with Gasteiger partial charge >= 0.3 is 21.7 Å². The first-order valence-corrected chi connectivity index (χ1v) is 9.91. The van der Waals surface area contributed by atoms with Crippen molar-refractivity contribution in [1.82, 2.24) is 0 Å². The van der Waals surface area contributed by atoms with Crippen LogP contribution in [0.25, 0.3) is 0 Å². The minimum atomic E-state index is 0. The van der Waals surface area contributed by atoms with Gasteiger partial charge in [0.25, 0.3) is 0 Å². The fourth-order valence-corrected chi connectivity index (χ4v) is 3.24. The molecule has 0 nitrogen and oxygen atoms in total. The maximum atomic E-state index is 3.94. The summed E-state index contributed by atoms with van der Waals surface area (Å²) in [5.41, 5.74) is 0.431. The summed E-state index contributed by atoms with van der Waals surface area (Å²) in [6, 6.07) is 0. The van der Waals surface area contributed by atoms with Gasteiger partial charge in [0.2, 0.25) is 0 Å². The van der Waals surface area contributed by atoms with Crippen LogP contribution in [0.3, 0.4) is 0 Å². The maximum absolute atomic E-state index is 3.94. The van der Waals surface area contributed by atoms with Crippen molar-refractivity contribution in [3.05, 3.63) is 73.0 Å². The standard InChI is InChI=1S/2C10H15.C6H10.Ti/c2*1-6-7(2)9(4)10(5)8(6)3;1-3-6(2)4-5-6;/h2*1-5H3;1-5H2;/q;;-2;+2. The first-order chi connectivity index (χ1) is 11.9. The first-order valence-electron chi connectivity index (χ1n) is 9.91. The molecule has 3 rings (SSSR count). The van der Waals surface area contributed by atoms with Crippen LogP contribution in [-0.2, 0) is 21.7 Å². The van der Waals surface area contributed by atoms with Gasteiger partial charge in [0.15, 0.2) is 0 Å². The molecule has 148 valence electrons. The first kappa shape index (κ1) is 27.7. The normalized spacial score (nSPS) is 27.1. The van der Waals surface area contributed by atoms with Gasteiger partial charge in [-0.05, 0) is 59.2 Å². The Hall–Kier alpha value is 0.714. The summed E-state index contributed by atoms with van der Waals surface area (Å²) in [6.07, 6.45) is 3.62. The topological polar surface area (TPSA) is 0 Å². The van der Waals surface area contributed by atoms with Crippen molar-refractivity contribution in [3.8, 4) is 0 Å². The Morgan fingerprint density at radius 1 is 0.519 bits per heavy atom. The van der Waals surface area contributed by atoms with Gasteiger partial charge in [-0.15, -0.1) is 0 Å². The van der Waals surface area contributed by atoms with E-state index in [9.17, 15) is 0 Å². The largest absolute Gasteiger partial charge is 2.00 e. The van der Waals surface area contributed by atoms with E-state index in [0.29, 0.717) is 5.41 Å². The molecule has 0 aliphatic heterocycles. The van der Waals surface area contributed by atoms with E-state index in [0.717, 1.165) is 6.42 Å². The molecule has 0 unspecified atom stereocenters. The molecule has 3 aliphatic rings. The van der Waals surface area contributed by atoms with E-state index in [1.807, 2.05) is 0 Å². The van der Waals surface area contributed by atoms with Gasteiger partial charge in [-0.2, -0.15) is 5.41 Å². The van der Waals surface area contributed by atoms with Crippen molar-refractivity contribution in [2.24, 2.45) is 5.41 Å². The minimum absolute atomic E-state index is 0. The molecule has 0 atom stereocenters. The van der Waals surface area contributed by atoms with Crippen molar-refractivity contribution in [2.45, 2.75) is 88.5 Å². The summed E-state index contributed by atoms with van der Waals surface area (Å²) in [5, 5.41) is 0. The van der Waals surface area contributed by atoms with Crippen LogP contribution in [0.5, 0.6) is 0 Å². The minimum Gasteiger partial charge on any atom is -0.345 e. The maximum Gasteiger partial charge on any atom is 2.00 e. The molecular weight excluding hydrogens is 360 g/mol. The molecule has 0 amide bonds. The number of hydrogen-bond donors (Lipinski definition) is 0. The smallest absolute Gasteiger partial charge is 0.345 e. The van der Waals surface area contributed by atoms with Crippen molar-refractivity contribution in [2.75, 3.05) is 0 Å². The summed E-state index contributed by atoms with van der Waals surface area (Å²) < 4.78 is 0. The van der Waals surface area contributed by atoms with Crippen LogP contribution in [0, 0.1) is 78.4 Å². The summed E-state index contributed by atoms with van der Waals surface area (Å²) in [4.78, 5) is 0. The molecule has 0 aromatic carbocycles. The van der Waals surface area contributed by atoms with E-state index in [2.05, 4.69) is 83.1 Å². The van der Waals surface area contributed by atoms with Crippen LogP contribution in [-0.4, -0.2) is 0 Å². The Labute approximate surface area is 188 Å². The summed E-state index contributed by atoms with van der Waals surface area (Å²) >= 11 is 0. The van der Waals surface area contributed by atoms with E-state index < -0.39 is 0 Å². The molecule has 0 aromatic rings. The summed E-state index contributed by atoms with van der Waals surface area (Å²) in [5.74, 6) is 14.7. The van der Waals surface area contributed by atoms with E-state index >= 15 is 0 Å². The number of rotatable bonds is 1. The zero-order valence-electron chi connectivity index (χ0n) is 19.5. The second kappa shape index (κ2) is 11.2. The Morgan fingerprint density at radius 3 is 0.704 bits per heavy atom. The van der Waals surface area contributed by atoms with E-state index in [1.165, 1.54) is 72.0 Å². The average Bonchev–Trinajstić information content (AvgIpc) is 3.33. The molecule has 3 aliphatic carbocycles. The summed E-state index contributed by atoms with van der Waals surface area (Å²) in [7, 11) is 0. The Kier molecular flexibility index (Phi) is 11.5.